The topological polar surface area (TPSA) is 40.6 Å². The Hall–Kier alpha value is -5.48. The van der Waals surface area contributed by atoms with Gasteiger partial charge in [0, 0.05) is 11.1 Å². The number of ketones is 2. The fourth-order valence-corrected chi connectivity index (χ4v) is 5.15. The number of hydrogen-bond donors (Lipinski definition) is 0. The third-order valence-electron chi connectivity index (χ3n) is 7.31. The lowest BCUT2D eigenvalue weighted by atomic mass is 9.95. The molecule has 0 saturated carbocycles. The Kier molecular flexibility index (Phi) is 7.35. The van der Waals surface area contributed by atoms with Crippen molar-refractivity contribution in [1.82, 2.24) is 0 Å². The van der Waals surface area contributed by atoms with E-state index in [9.17, 15) is 9.59 Å². The Balaban J connectivity index is 1.70. The minimum absolute atomic E-state index is 0.219. The summed E-state index contributed by atoms with van der Waals surface area (Å²) in [4.78, 5) is 29.1. The zero-order valence-electron chi connectivity index (χ0n) is 23.6. The van der Waals surface area contributed by atoms with Gasteiger partial charge in [0.05, 0.1) is 22.6 Å². The molecule has 0 N–H and O–H groups in total. The van der Waals surface area contributed by atoms with Gasteiger partial charge in [0.15, 0.2) is 5.78 Å². The van der Waals surface area contributed by atoms with E-state index in [1.807, 2.05) is 145 Å². The lowest BCUT2D eigenvalue weighted by molar-refractivity contribution is 0.100. The molecule has 0 unspecified atom stereocenters. The standard InChI is InChI=1S/C38H30N2O2/c1-27-18-22-32(23-19-27)39-34(26-29-12-6-3-7-13-29)35(37(41)30-14-8-4-9-15-30)36(38(42)31-16-10-5-11-17-31)40(39)33-24-20-28(2)21-25-33/h3-26H,1-2H3/b34-26-. The summed E-state index contributed by atoms with van der Waals surface area (Å²) in [7, 11) is 0. The summed E-state index contributed by atoms with van der Waals surface area (Å²) in [5.74, 6) is -0.451. The second kappa shape index (κ2) is 11.6. The lowest BCUT2D eigenvalue weighted by Gasteiger charge is -2.34. The van der Waals surface area contributed by atoms with Crippen molar-refractivity contribution in [2.45, 2.75) is 13.8 Å². The molecule has 0 saturated heterocycles. The number of nitrogens with zero attached hydrogens (tertiary/aromatic N) is 2. The number of hydrazine groups is 1. The van der Waals surface area contributed by atoms with Crippen LogP contribution >= 0.6 is 0 Å². The summed E-state index contributed by atoms with van der Waals surface area (Å²) < 4.78 is 0. The molecule has 42 heavy (non-hydrogen) atoms. The second-order valence-electron chi connectivity index (χ2n) is 10.3. The molecule has 0 fully saturated rings. The SMILES string of the molecule is Cc1ccc(N2C(C(=O)c3ccccc3)=C(C(=O)c3ccccc3)/C(=C/c3ccccc3)N2c2ccc(C)cc2)cc1. The Morgan fingerprint density at radius 1 is 0.500 bits per heavy atom. The van der Waals surface area contributed by atoms with Gasteiger partial charge in [0.25, 0.3) is 0 Å². The van der Waals surface area contributed by atoms with E-state index in [-0.39, 0.29) is 11.6 Å². The van der Waals surface area contributed by atoms with E-state index in [4.69, 9.17) is 0 Å². The van der Waals surface area contributed by atoms with Crippen LogP contribution in [-0.4, -0.2) is 11.6 Å². The van der Waals surface area contributed by atoms with E-state index in [2.05, 4.69) is 0 Å². The molecule has 6 rings (SSSR count). The molecular formula is C38H30N2O2. The van der Waals surface area contributed by atoms with Crippen molar-refractivity contribution in [3.8, 4) is 0 Å². The van der Waals surface area contributed by atoms with E-state index < -0.39 is 0 Å². The van der Waals surface area contributed by atoms with Crippen LogP contribution in [0.25, 0.3) is 6.08 Å². The van der Waals surface area contributed by atoms with Crippen LogP contribution < -0.4 is 10.0 Å². The highest BCUT2D eigenvalue weighted by Crippen LogP contribution is 2.43. The van der Waals surface area contributed by atoms with Gasteiger partial charge in [-0.25, -0.2) is 10.0 Å². The Bertz CT molecular complexity index is 1790. The van der Waals surface area contributed by atoms with Crippen LogP contribution in [0, 0.1) is 13.8 Å². The van der Waals surface area contributed by atoms with Crippen molar-refractivity contribution in [3.63, 3.8) is 0 Å². The molecule has 0 aromatic heterocycles. The maximum absolute atomic E-state index is 14.6. The minimum Gasteiger partial charge on any atom is -0.288 e. The van der Waals surface area contributed by atoms with Gasteiger partial charge < -0.3 is 0 Å². The van der Waals surface area contributed by atoms with Crippen LogP contribution in [0.3, 0.4) is 0 Å². The summed E-state index contributed by atoms with van der Waals surface area (Å²) in [5.41, 5.74) is 7.03. The van der Waals surface area contributed by atoms with Gasteiger partial charge in [0.1, 0.15) is 5.70 Å². The first-order chi connectivity index (χ1) is 20.5. The van der Waals surface area contributed by atoms with Gasteiger partial charge in [-0.15, -0.1) is 0 Å². The summed E-state index contributed by atoms with van der Waals surface area (Å²) >= 11 is 0. The number of hydrogen-bond acceptors (Lipinski definition) is 4. The van der Waals surface area contributed by atoms with Crippen LogP contribution in [0.1, 0.15) is 37.4 Å². The smallest absolute Gasteiger partial charge is 0.212 e. The number of rotatable bonds is 7. The molecule has 1 aliphatic rings. The van der Waals surface area contributed by atoms with Crippen LogP contribution in [-0.2, 0) is 0 Å². The highest BCUT2D eigenvalue weighted by Gasteiger charge is 2.42. The molecule has 0 aliphatic carbocycles. The van der Waals surface area contributed by atoms with Gasteiger partial charge in [-0.2, -0.15) is 0 Å². The molecule has 204 valence electrons. The Morgan fingerprint density at radius 3 is 1.43 bits per heavy atom. The molecule has 5 aromatic carbocycles. The fraction of sp³-hybridized carbons (Fsp3) is 0.0526. The predicted molar refractivity (Wildman–Crippen MR) is 170 cm³/mol. The van der Waals surface area contributed by atoms with Crippen molar-refractivity contribution >= 4 is 29.0 Å². The van der Waals surface area contributed by atoms with Gasteiger partial charge in [-0.3, -0.25) is 9.59 Å². The number of benzene rings is 5. The van der Waals surface area contributed by atoms with E-state index in [0.717, 1.165) is 28.1 Å². The number of Topliss-reactive ketones (excluding diaryl/α,β-unsaturated/α-hetero) is 2. The normalized spacial score (nSPS) is 14.0. The Labute approximate surface area is 246 Å². The van der Waals surface area contributed by atoms with Gasteiger partial charge in [-0.05, 0) is 49.8 Å². The maximum Gasteiger partial charge on any atom is 0.212 e. The largest absolute Gasteiger partial charge is 0.288 e. The van der Waals surface area contributed by atoms with Gasteiger partial charge in [-0.1, -0.05) is 126 Å². The van der Waals surface area contributed by atoms with Crippen LogP contribution in [0.5, 0.6) is 0 Å². The predicted octanol–water partition coefficient (Wildman–Crippen LogP) is 8.61. The van der Waals surface area contributed by atoms with Crippen LogP contribution in [0.2, 0.25) is 0 Å². The number of anilines is 2. The third-order valence-corrected chi connectivity index (χ3v) is 7.31. The van der Waals surface area contributed by atoms with E-state index in [0.29, 0.717) is 28.1 Å². The summed E-state index contributed by atoms with van der Waals surface area (Å²) in [6, 6.07) is 44.4. The number of aryl methyl sites for hydroxylation is 2. The average Bonchev–Trinajstić information content (AvgIpc) is 3.36. The van der Waals surface area contributed by atoms with Crippen molar-refractivity contribution < 1.29 is 9.59 Å². The maximum atomic E-state index is 14.6. The molecule has 4 nitrogen and oxygen atoms in total. The van der Waals surface area contributed by atoms with Gasteiger partial charge in [0.2, 0.25) is 5.78 Å². The lowest BCUT2D eigenvalue weighted by Crippen LogP contribution is -2.38. The molecule has 0 atom stereocenters. The molecule has 1 heterocycles. The second-order valence-corrected chi connectivity index (χ2v) is 10.3. The summed E-state index contributed by atoms with van der Waals surface area (Å²) in [5, 5.41) is 3.88. The summed E-state index contributed by atoms with van der Waals surface area (Å²) in [6.45, 7) is 4.07. The molecule has 0 radical (unpaired) electrons. The van der Waals surface area contributed by atoms with Crippen molar-refractivity contribution in [2.75, 3.05) is 10.0 Å². The van der Waals surface area contributed by atoms with Crippen LogP contribution in [0.15, 0.2) is 156 Å². The number of carbonyl (C=O) groups is 2. The molecular weight excluding hydrogens is 516 g/mol. The fourth-order valence-electron chi connectivity index (χ4n) is 5.15. The van der Waals surface area contributed by atoms with Gasteiger partial charge >= 0.3 is 0 Å². The first kappa shape index (κ1) is 26.7. The quantitative estimate of drug-likeness (QED) is 0.192. The van der Waals surface area contributed by atoms with Crippen molar-refractivity contribution in [1.29, 1.82) is 0 Å². The first-order valence-corrected chi connectivity index (χ1v) is 14.0. The van der Waals surface area contributed by atoms with Crippen molar-refractivity contribution in [3.05, 3.63) is 184 Å². The average molecular weight is 547 g/mol. The minimum atomic E-state index is -0.232. The summed E-state index contributed by atoms with van der Waals surface area (Å²) in [6.07, 6.45) is 1.99. The first-order valence-electron chi connectivity index (χ1n) is 14.0. The number of allylic oxidation sites excluding steroid dienone is 2. The number of carbonyl (C=O) groups excluding carboxylic acids is 2. The highest BCUT2D eigenvalue weighted by molar-refractivity contribution is 6.24. The molecule has 0 amide bonds. The monoisotopic (exact) mass is 546 g/mol. The molecule has 4 heteroatoms. The molecule has 0 spiro atoms. The zero-order valence-corrected chi connectivity index (χ0v) is 23.6. The highest BCUT2D eigenvalue weighted by atomic mass is 16.1. The van der Waals surface area contributed by atoms with E-state index >= 15 is 0 Å². The van der Waals surface area contributed by atoms with E-state index in [1.165, 1.54) is 0 Å². The van der Waals surface area contributed by atoms with Crippen LogP contribution in [0.4, 0.5) is 11.4 Å². The molecule has 1 aliphatic heterocycles. The third kappa shape index (κ3) is 5.18. The molecule has 5 aromatic rings. The van der Waals surface area contributed by atoms with E-state index in [1.54, 1.807) is 24.3 Å². The Morgan fingerprint density at radius 2 is 0.929 bits per heavy atom. The molecule has 0 bridgehead atoms. The zero-order chi connectivity index (χ0) is 29.1. The van der Waals surface area contributed by atoms with Crippen molar-refractivity contribution in [2.24, 2.45) is 0 Å².